The van der Waals surface area contributed by atoms with E-state index in [9.17, 15) is 4.79 Å². The Balaban J connectivity index is 1.74. The summed E-state index contributed by atoms with van der Waals surface area (Å²) in [7, 11) is 0. The molecule has 1 amide bonds. The first-order valence-corrected chi connectivity index (χ1v) is 5.83. The summed E-state index contributed by atoms with van der Waals surface area (Å²) in [5.41, 5.74) is 1.21. The van der Waals surface area contributed by atoms with Crippen LogP contribution in [-0.2, 0) is 4.79 Å². The van der Waals surface area contributed by atoms with Crippen LogP contribution in [0.5, 0.6) is 0 Å². The molecular formula is C13H18N2O. The van der Waals surface area contributed by atoms with Gasteiger partial charge < -0.3 is 10.6 Å². The molecule has 1 fully saturated rings. The summed E-state index contributed by atoms with van der Waals surface area (Å²) in [6, 6.07) is 10.8. The second kappa shape index (κ2) is 5.12. The SMILES string of the molecule is CC(NCC(=O)NC1CC1)c1ccccc1. The predicted molar refractivity (Wildman–Crippen MR) is 64.0 cm³/mol. The molecule has 0 bridgehead atoms. The van der Waals surface area contributed by atoms with E-state index in [1.165, 1.54) is 5.56 Å². The Kier molecular flexibility index (Phi) is 3.57. The van der Waals surface area contributed by atoms with E-state index in [1.807, 2.05) is 18.2 Å². The first-order chi connectivity index (χ1) is 7.75. The van der Waals surface area contributed by atoms with Crippen LogP contribution in [0.4, 0.5) is 0 Å². The highest BCUT2D eigenvalue weighted by Gasteiger charge is 2.23. The highest BCUT2D eigenvalue weighted by Crippen LogP contribution is 2.18. The topological polar surface area (TPSA) is 41.1 Å². The number of carbonyl (C=O) groups is 1. The van der Waals surface area contributed by atoms with Crippen molar-refractivity contribution in [2.24, 2.45) is 0 Å². The molecule has 3 nitrogen and oxygen atoms in total. The second-order valence-electron chi connectivity index (χ2n) is 4.36. The zero-order chi connectivity index (χ0) is 11.4. The van der Waals surface area contributed by atoms with Gasteiger partial charge in [0.1, 0.15) is 0 Å². The van der Waals surface area contributed by atoms with Crippen molar-refractivity contribution < 1.29 is 4.79 Å². The maximum Gasteiger partial charge on any atom is 0.234 e. The Morgan fingerprint density at radius 2 is 2.06 bits per heavy atom. The Bertz CT molecular complexity index is 346. The molecular weight excluding hydrogens is 200 g/mol. The molecule has 0 heterocycles. The summed E-state index contributed by atoms with van der Waals surface area (Å²) in [6.45, 7) is 2.46. The fourth-order valence-electron chi connectivity index (χ4n) is 1.61. The van der Waals surface area contributed by atoms with Crippen molar-refractivity contribution in [3.63, 3.8) is 0 Å². The van der Waals surface area contributed by atoms with Crippen LogP contribution in [0.15, 0.2) is 30.3 Å². The van der Waals surface area contributed by atoms with Crippen LogP contribution in [0.1, 0.15) is 31.4 Å². The number of hydrogen-bond acceptors (Lipinski definition) is 2. The molecule has 16 heavy (non-hydrogen) atoms. The van der Waals surface area contributed by atoms with E-state index in [-0.39, 0.29) is 11.9 Å². The van der Waals surface area contributed by atoms with Crippen molar-refractivity contribution >= 4 is 5.91 Å². The number of hydrogen-bond donors (Lipinski definition) is 2. The molecule has 1 aliphatic rings. The monoisotopic (exact) mass is 218 g/mol. The minimum absolute atomic E-state index is 0.102. The first-order valence-electron chi connectivity index (χ1n) is 5.83. The van der Waals surface area contributed by atoms with Gasteiger partial charge in [0, 0.05) is 12.1 Å². The van der Waals surface area contributed by atoms with Gasteiger partial charge in [-0.25, -0.2) is 0 Å². The summed E-state index contributed by atoms with van der Waals surface area (Å²) >= 11 is 0. The molecule has 86 valence electrons. The quantitative estimate of drug-likeness (QED) is 0.788. The van der Waals surface area contributed by atoms with Gasteiger partial charge in [-0.2, -0.15) is 0 Å². The largest absolute Gasteiger partial charge is 0.352 e. The van der Waals surface area contributed by atoms with Crippen molar-refractivity contribution in [1.82, 2.24) is 10.6 Å². The minimum atomic E-state index is 0.102. The van der Waals surface area contributed by atoms with Crippen molar-refractivity contribution in [2.75, 3.05) is 6.54 Å². The third kappa shape index (κ3) is 3.35. The number of amides is 1. The lowest BCUT2D eigenvalue weighted by molar-refractivity contribution is -0.120. The molecule has 3 heteroatoms. The second-order valence-corrected chi connectivity index (χ2v) is 4.36. The van der Waals surface area contributed by atoms with Gasteiger partial charge in [-0.05, 0) is 25.3 Å². The standard InChI is InChI=1S/C13H18N2O/c1-10(11-5-3-2-4-6-11)14-9-13(16)15-12-7-8-12/h2-6,10,12,14H,7-9H2,1H3,(H,15,16). The van der Waals surface area contributed by atoms with Crippen molar-refractivity contribution in [3.05, 3.63) is 35.9 Å². The van der Waals surface area contributed by atoms with E-state index in [0.29, 0.717) is 12.6 Å². The van der Waals surface area contributed by atoms with Crippen LogP contribution in [0.3, 0.4) is 0 Å². The van der Waals surface area contributed by atoms with Crippen LogP contribution in [-0.4, -0.2) is 18.5 Å². The average Bonchev–Trinajstić information content (AvgIpc) is 3.11. The van der Waals surface area contributed by atoms with Gasteiger partial charge in [0.15, 0.2) is 0 Å². The average molecular weight is 218 g/mol. The van der Waals surface area contributed by atoms with Gasteiger partial charge in [-0.15, -0.1) is 0 Å². The summed E-state index contributed by atoms with van der Waals surface area (Å²) in [5.74, 6) is 0.102. The molecule has 1 saturated carbocycles. The summed E-state index contributed by atoms with van der Waals surface area (Å²) in [6.07, 6.45) is 2.28. The lowest BCUT2D eigenvalue weighted by atomic mass is 10.1. The van der Waals surface area contributed by atoms with Crippen LogP contribution in [0, 0.1) is 0 Å². The smallest absolute Gasteiger partial charge is 0.234 e. The Hall–Kier alpha value is -1.35. The van der Waals surface area contributed by atoms with Crippen molar-refractivity contribution in [1.29, 1.82) is 0 Å². The van der Waals surface area contributed by atoms with Gasteiger partial charge in [-0.1, -0.05) is 30.3 Å². The number of nitrogens with one attached hydrogen (secondary N) is 2. The van der Waals surface area contributed by atoms with E-state index in [1.54, 1.807) is 0 Å². The van der Waals surface area contributed by atoms with Gasteiger partial charge in [0.25, 0.3) is 0 Å². The maximum absolute atomic E-state index is 11.5. The Morgan fingerprint density at radius 3 is 2.69 bits per heavy atom. The normalized spacial score (nSPS) is 16.8. The van der Waals surface area contributed by atoms with Crippen LogP contribution in [0.25, 0.3) is 0 Å². The van der Waals surface area contributed by atoms with E-state index >= 15 is 0 Å². The number of carbonyl (C=O) groups excluding carboxylic acids is 1. The highest BCUT2D eigenvalue weighted by atomic mass is 16.2. The zero-order valence-electron chi connectivity index (χ0n) is 9.57. The maximum atomic E-state index is 11.5. The predicted octanol–water partition coefficient (Wildman–Crippen LogP) is 1.62. The molecule has 1 aromatic rings. The lowest BCUT2D eigenvalue weighted by Gasteiger charge is -2.13. The summed E-state index contributed by atoms with van der Waals surface area (Å²) < 4.78 is 0. The highest BCUT2D eigenvalue weighted by molar-refractivity contribution is 5.78. The molecule has 0 aromatic heterocycles. The molecule has 1 aliphatic carbocycles. The van der Waals surface area contributed by atoms with Crippen LogP contribution < -0.4 is 10.6 Å². The van der Waals surface area contributed by atoms with Crippen LogP contribution in [0.2, 0.25) is 0 Å². The van der Waals surface area contributed by atoms with E-state index in [2.05, 4.69) is 29.7 Å². The molecule has 1 atom stereocenters. The fourth-order valence-corrected chi connectivity index (χ4v) is 1.61. The Morgan fingerprint density at radius 1 is 1.38 bits per heavy atom. The van der Waals surface area contributed by atoms with Gasteiger partial charge in [0.05, 0.1) is 6.54 Å². The molecule has 2 N–H and O–H groups in total. The number of rotatable bonds is 5. The molecule has 0 aliphatic heterocycles. The van der Waals surface area contributed by atoms with Gasteiger partial charge >= 0.3 is 0 Å². The van der Waals surface area contributed by atoms with E-state index < -0.39 is 0 Å². The third-order valence-corrected chi connectivity index (χ3v) is 2.81. The zero-order valence-corrected chi connectivity index (χ0v) is 9.57. The van der Waals surface area contributed by atoms with Crippen molar-refractivity contribution in [2.45, 2.75) is 31.8 Å². The third-order valence-electron chi connectivity index (χ3n) is 2.81. The summed E-state index contributed by atoms with van der Waals surface area (Å²) in [4.78, 5) is 11.5. The molecule has 0 spiro atoms. The lowest BCUT2D eigenvalue weighted by Crippen LogP contribution is -2.36. The first kappa shape index (κ1) is 11.1. The molecule has 0 radical (unpaired) electrons. The molecule has 2 rings (SSSR count). The summed E-state index contributed by atoms with van der Waals surface area (Å²) in [5, 5.41) is 6.18. The fraction of sp³-hybridized carbons (Fsp3) is 0.462. The molecule has 0 saturated heterocycles. The van der Waals surface area contributed by atoms with Crippen molar-refractivity contribution in [3.8, 4) is 0 Å². The van der Waals surface area contributed by atoms with Gasteiger partial charge in [0.2, 0.25) is 5.91 Å². The van der Waals surface area contributed by atoms with E-state index in [4.69, 9.17) is 0 Å². The minimum Gasteiger partial charge on any atom is -0.352 e. The Labute approximate surface area is 96.2 Å². The molecule has 1 aromatic carbocycles. The van der Waals surface area contributed by atoms with E-state index in [0.717, 1.165) is 12.8 Å². The number of benzene rings is 1. The van der Waals surface area contributed by atoms with Crippen LogP contribution >= 0.6 is 0 Å². The molecule has 1 unspecified atom stereocenters. The van der Waals surface area contributed by atoms with Gasteiger partial charge in [-0.3, -0.25) is 4.79 Å².